The van der Waals surface area contributed by atoms with E-state index in [1.54, 1.807) is 12.0 Å². The highest BCUT2D eigenvalue weighted by Gasteiger charge is 2.32. The van der Waals surface area contributed by atoms with Gasteiger partial charge >= 0.3 is 0 Å². The molecule has 1 aromatic carbocycles. The first-order valence-electron chi connectivity index (χ1n) is 6.13. The van der Waals surface area contributed by atoms with E-state index in [4.69, 9.17) is 4.74 Å². The molecule has 0 spiro atoms. The summed E-state index contributed by atoms with van der Waals surface area (Å²) in [7, 11) is 1.62. The fraction of sp³-hybridized carbons (Fsp3) is 0.429. The maximum Gasteiger partial charge on any atom is 0.228 e. The van der Waals surface area contributed by atoms with Crippen molar-refractivity contribution >= 4 is 28.5 Å². The number of nitrogens with zero attached hydrogens (tertiary/aromatic N) is 1. The van der Waals surface area contributed by atoms with E-state index in [9.17, 15) is 9.59 Å². The van der Waals surface area contributed by atoms with Gasteiger partial charge in [0, 0.05) is 36.9 Å². The van der Waals surface area contributed by atoms with Gasteiger partial charge in [0.15, 0.2) is 5.12 Å². The number of amides is 1. The summed E-state index contributed by atoms with van der Waals surface area (Å²) in [5.41, 5.74) is 1.87. The molecule has 1 aliphatic rings. The van der Waals surface area contributed by atoms with Gasteiger partial charge in [-0.1, -0.05) is 17.8 Å². The van der Waals surface area contributed by atoms with Gasteiger partial charge in [0.1, 0.15) is 5.75 Å². The molecular weight excluding hydrogens is 262 g/mol. The molecule has 2 rings (SSSR count). The number of hydrogen-bond acceptors (Lipinski definition) is 4. The number of aryl methyl sites for hydroxylation is 1. The second kappa shape index (κ2) is 5.65. The molecule has 1 aromatic rings. The van der Waals surface area contributed by atoms with Gasteiger partial charge in [-0.25, -0.2) is 0 Å². The van der Waals surface area contributed by atoms with Crippen molar-refractivity contribution in [2.75, 3.05) is 18.6 Å². The molecule has 1 fully saturated rings. The van der Waals surface area contributed by atoms with Crippen molar-refractivity contribution in [3.8, 4) is 5.75 Å². The lowest BCUT2D eigenvalue weighted by Crippen LogP contribution is -2.24. The smallest absolute Gasteiger partial charge is 0.228 e. The highest BCUT2D eigenvalue weighted by molar-refractivity contribution is 8.14. The molecule has 1 unspecified atom stereocenters. The lowest BCUT2D eigenvalue weighted by Gasteiger charge is -2.18. The van der Waals surface area contributed by atoms with E-state index in [1.807, 2.05) is 25.1 Å². The van der Waals surface area contributed by atoms with E-state index >= 15 is 0 Å². The highest BCUT2D eigenvalue weighted by Crippen LogP contribution is 2.31. The first-order chi connectivity index (χ1) is 9.01. The van der Waals surface area contributed by atoms with Crippen LogP contribution in [0.5, 0.6) is 5.75 Å². The van der Waals surface area contributed by atoms with Crippen LogP contribution in [-0.2, 0) is 9.59 Å². The topological polar surface area (TPSA) is 46.6 Å². The Morgan fingerprint density at radius 2 is 2.21 bits per heavy atom. The third-order valence-electron chi connectivity index (χ3n) is 3.13. The molecule has 19 heavy (non-hydrogen) atoms. The molecule has 1 aliphatic heterocycles. The van der Waals surface area contributed by atoms with Crippen LogP contribution in [0.4, 0.5) is 5.69 Å². The summed E-state index contributed by atoms with van der Waals surface area (Å²) >= 11 is 1.24. The molecule has 5 heteroatoms. The molecule has 4 nitrogen and oxygen atoms in total. The molecule has 1 atom stereocenters. The Morgan fingerprint density at radius 1 is 1.47 bits per heavy atom. The largest absolute Gasteiger partial charge is 0.496 e. The minimum atomic E-state index is 0.0531. The van der Waals surface area contributed by atoms with E-state index in [0.29, 0.717) is 13.0 Å². The van der Waals surface area contributed by atoms with Crippen molar-refractivity contribution in [2.45, 2.75) is 25.5 Å². The second-order valence-corrected chi connectivity index (χ2v) is 6.07. The number of rotatable bonds is 3. The Labute approximate surface area is 117 Å². The molecule has 0 aromatic heterocycles. The number of methoxy groups -OCH3 is 1. The molecule has 0 N–H and O–H groups in total. The second-order valence-electron chi connectivity index (χ2n) is 4.59. The van der Waals surface area contributed by atoms with Crippen LogP contribution < -0.4 is 9.64 Å². The van der Waals surface area contributed by atoms with Gasteiger partial charge < -0.3 is 9.64 Å². The quantitative estimate of drug-likeness (QED) is 0.852. The SMILES string of the molecule is COc1cc(N2CC(SC(C)=O)CC2=O)ccc1C. The van der Waals surface area contributed by atoms with Crippen LogP contribution in [0, 0.1) is 6.92 Å². The predicted octanol–water partition coefficient (Wildman–Crippen LogP) is 2.39. The van der Waals surface area contributed by atoms with Crippen molar-refractivity contribution in [3.63, 3.8) is 0 Å². The molecule has 0 bridgehead atoms. The number of benzene rings is 1. The van der Waals surface area contributed by atoms with E-state index in [0.717, 1.165) is 17.0 Å². The van der Waals surface area contributed by atoms with Gasteiger partial charge in [-0.15, -0.1) is 0 Å². The van der Waals surface area contributed by atoms with Gasteiger partial charge in [0.05, 0.1) is 7.11 Å². The average Bonchev–Trinajstić information content (AvgIpc) is 2.70. The lowest BCUT2D eigenvalue weighted by atomic mass is 10.2. The fourth-order valence-corrected chi connectivity index (χ4v) is 3.13. The summed E-state index contributed by atoms with van der Waals surface area (Å²) in [6.45, 7) is 4.07. The number of ether oxygens (including phenoxy) is 1. The first-order valence-corrected chi connectivity index (χ1v) is 7.01. The number of hydrogen-bond donors (Lipinski definition) is 0. The Balaban J connectivity index is 2.18. The standard InChI is InChI=1S/C14H17NO3S/c1-9-4-5-11(6-13(9)18-3)15-8-12(7-14(15)17)19-10(2)16/h4-6,12H,7-8H2,1-3H3. The van der Waals surface area contributed by atoms with Crippen LogP contribution in [0.15, 0.2) is 18.2 Å². The minimum absolute atomic E-state index is 0.0531. The van der Waals surface area contributed by atoms with Gasteiger partial charge in [-0.05, 0) is 18.6 Å². The molecule has 0 aliphatic carbocycles. The molecule has 0 saturated carbocycles. The summed E-state index contributed by atoms with van der Waals surface area (Å²) in [4.78, 5) is 24.8. The van der Waals surface area contributed by atoms with Crippen LogP contribution in [0.3, 0.4) is 0 Å². The van der Waals surface area contributed by atoms with Crippen LogP contribution >= 0.6 is 11.8 Å². The zero-order valence-electron chi connectivity index (χ0n) is 11.3. The van der Waals surface area contributed by atoms with Gasteiger partial charge in [0.2, 0.25) is 5.91 Å². The predicted molar refractivity (Wildman–Crippen MR) is 76.8 cm³/mol. The van der Waals surface area contributed by atoms with Crippen molar-refractivity contribution in [1.82, 2.24) is 0 Å². The van der Waals surface area contributed by atoms with Crippen molar-refractivity contribution in [2.24, 2.45) is 0 Å². The number of anilines is 1. The van der Waals surface area contributed by atoms with Crippen molar-refractivity contribution < 1.29 is 14.3 Å². The third kappa shape index (κ3) is 3.10. The van der Waals surface area contributed by atoms with E-state index in [-0.39, 0.29) is 16.3 Å². The molecule has 0 radical (unpaired) electrons. The highest BCUT2D eigenvalue weighted by atomic mass is 32.2. The maximum atomic E-state index is 12.0. The van der Waals surface area contributed by atoms with E-state index in [1.165, 1.54) is 18.7 Å². The Morgan fingerprint density at radius 3 is 2.84 bits per heavy atom. The normalized spacial score (nSPS) is 18.8. The monoisotopic (exact) mass is 279 g/mol. The number of thioether (sulfide) groups is 1. The average molecular weight is 279 g/mol. The zero-order valence-corrected chi connectivity index (χ0v) is 12.1. The zero-order chi connectivity index (χ0) is 14.0. The Kier molecular flexibility index (Phi) is 4.14. The summed E-state index contributed by atoms with van der Waals surface area (Å²) in [5.74, 6) is 0.831. The van der Waals surface area contributed by atoms with Crippen molar-refractivity contribution in [3.05, 3.63) is 23.8 Å². The minimum Gasteiger partial charge on any atom is -0.496 e. The molecular formula is C14H17NO3S. The lowest BCUT2D eigenvalue weighted by molar-refractivity contribution is -0.117. The molecule has 1 heterocycles. The van der Waals surface area contributed by atoms with Gasteiger partial charge in [0.25, 0.3) is 0 Å². The van der Waals surface area contributed by atoms with Gasteiger partial charge in [-0.3, -0.25) is 9.59 Å². The first kappa shape index (κ1) is 13.9. The number of carbonyl (C=O) groups is 2. The Hall–Kier alpha value is -1.49. The summed E-state index contributed by atoms with van der Waals surface area (Å²) in [5, 5.41) is 0.110. The number of carbonyl (C=O) groups excluding carboxylic acids is 2. The van der Waals surface area contributed by atoms with E-state index in [2.05, 4.69) is 0 Å². The summed E-state index contributed by atoms with van der Waals surface area (Å²) in [6, 6.07) is 5.72. The van der Waals surface area contributed by atoms with Crippen LogP contribution in [0.25, 0.3) is 0 Å². The summed E-state index contributed by atoms with van der Waals surface area (Å²) < 4.78 is 5.27. The van der Waals surface area contributed by atoms with E-state index < -0.39 is 0 Å². The van der Waals surface area contributed by atoms with Crippen LogP contribution in [-0.4, -0.2) is 29.9 Å². The van der Waals surface area contributed by atoms with Gasteiger partial charge in [-0.2, -0.15) is 0 Å². The fourth-order valence-electron chi connectivity index (χ4n) is 2.21. The van der Waals surface area contributed by atoms with Crippen molar-refractivity contribution in [1.29, 1.82) is 0 Å². The molecule has 1 amide bonds. The third-order valence-corrected chi connectivity index (χ3v) is 4.11. The van der Waals surface area contributed by atoms with Crippen LogP contribution in [0.1, 0.15) is 18.9 Å². The Bertz CT molecular complexity index is 515. The maximum absolute atomic E-state index is 12.0. The molecule has 102 valence electrons. The molecule has 1 saturated heterocycles. The van der Waals surface area contributed by atoms with Crippen LogP contribution in [0.2, 0.25) is 0 Å². The summed E-state index contributed by atoms with van der Waals surface area (Å²) in [6.07, 6.45) is 0.417.